The number of rotatable bonds is 4. The molecular weight excluding hydrogens is 208 g/mol. The van der Waals surface area contributed by atoms with Crippen molar-refractivity contribution in [3.63, 3.8) is 0 Å². The van der Waals surface area contributed by atoms with E-state index in [0.717, 1.165) is 13.5 Å². The van der Waals surface area contributed by atoms with Crippen molar-refractivity contribution in [1.82, 2.24) is 4.57 Å². The number of carboxylic acid groups (broad SMARTS) is 1. The summed E-state index contributed by atoms with van der Waals surface area (Å²) < 4.78 is 4.28. The zero-order valence-corrected chi connectivity index (χ0v) is 10.1. The first-order valence-electron chi connectivity index (χ1n) is 5.37. The van der Waals surface area contributed by atoms with E-state index in [-0.39, 0.29) is 0 Å². The third-order valence-electron chi connectivity index (χ3n) is 1.93. The molecule has 1 atom stereocenters. The van der Waals surface area contributed by atoms with Gasteiger partial charge in [-0.05, 0) is 13.3 Å². The number of aromatic nitrogens is 2. The van der Waals surface area contributed by atoms with E-state index in [1.165, 1.54) is 12.8 Å². The number of nitrogens with zero attached hydrogens (tertiary/aromatic N) is 2. The van der Waals surface area contributed by atoms with E-state index in [2.05, 4.69) is 34.8 Å². The van der Waals surface area contributed by atoms with E-state index in [9.17, 15) is 9.90 Å². The van der Waals surface area contributed by atoms with Crippen LogP contribution in [0.5, 0.6) is 0 Å². The Hall–Kier alpha value is -1.36. The predicted molar refractivity (Wildman–Crippen MR) is 57.2 cm³/mol. The van der Waals surface area contributed by atoms with Crippen molar-refractivity contribution in [2.75, 3.05) is 0 Å². The summed E-state index contributed by atoms with van der Waals surface area (Å²) in [6.07, 6.45) is 7.47. The molecule has 1 N–H and O–H groups in total. The van der Waals surface area contributed by atoms with Crippen LogP contribution in [-0.4, -0.2) is 21.7 Å². The summed E-state index contributed by atoms with van der Waals surface area (Å²) in [6.45, 7) is 4.50. The van der Waals surface area contributed by atoms with Gasteiger partial charge in [0, 0.05) is 0 Å². The Morgan fingerprint density at radius 1 is 1.62 bits per heavy atom. The van der Waals surface area contributed by atoms with Crippen molar-refractivity contribution in [3.05, 3.63) is 18.7 Å². The van der Waals surface area contributed by atoms with Gasteiger partial charge in [0.1, 0.15) is 12.4 Å². The molecule has 0 amide bonds. The zero-order valence-electron chi connectivity index (χ0n) is 10.1. The molecule has 1 aromatic heterocycles. The molecule has 0 saturated heterocycles. The number of hydrogen-bond acceptors (Lipinski definition) is 3. The predicted octanol–water partition coefficient (Wildman–Crippen LogP) is -0.770. The van der Waals surface area contributed by atoms with Crippen LogP contribution in [0.4, 0.5) is 0 Å². The van der Waals surface area contributed by atoms with E-state index in [1.807, 2.05) is 7.05 Å². The second-order valence-electron chi connectivity index (χ2n) is 3.67. The molecule has 1 rings (SSSR count). The van der Waals surface area contributed by atoms with Crippen molar-refractivity contribution in [2.24, 2.45) is 7.05 Å². The van der Waals surface area contributed by atoms with Crippen LogP contribution in [0, 0.1) is 0 Å². The highest BCUT2D eigenvalue weighted by atomic mass is 16.4. The van der Waals surface area contributed by atoms with Crippen LogP contribution < -0.4 is 9.67 Å². The second-order valence-corrected chi connectivity index (χ2v) is 3.67. The summed E-state index contributed by atoms with van der Waals surface area (Å²) in [5.74, 6) is -1.44. The van der Waals surface area contributed by atoms with Crippen LogP contribution in [0.2, 0.25) is 0 Å². The Bertz CT molecular complexity index is 308. The Morgan fingerprint density at radius 3 is 2.50 bits per heavy atom. The lowest BCUT2D eigenvalue weighted by Gasteiger charge is -2.00. The SMILES string of the molecule is CCCCn1cc[n+](C)c1.C[C@H](O)C(=O)[O-]. The molecule has 0 saturated carbocycles. The van der Waals surface area contributed by atoms with Gasteiger partial charge in [-0.3, -0.25) is 0 Å². The van der Waals surface area contributed by atoms with Crippen LogP contribution in [0.15, 0.2) is 18.7 Å². The molecule has 0 spiro atoms. The molecule has 0 unspecified atom stereocenters. The lowest BCUT2D eigenvalue weighted by atomic mass is 10.3. The average Bonchev–Trinajstić information content (AvgIpc) is 2.62. The highest BCUT2D eigenvalue weighted by Crippen LogP contribution is 1.91. The van der Waals surface area contributed by atoms with Crippen LogP contribution in [-0.2, 0) is 18.4 Å². The maximum Gasteiger partial charge on any atom is 0.243 e. The van der Waals surface area contributed by atoms with Gasteiger partial charge in [0.2, 0.25) is 6.33 Å². The molecule has 92 valence electrons. The molecule has 0 aliphatic carbocycles. The van der Waals surface area contributed by atoms with Crippen LogP contribution in [0.25, 0.3) is 0 Å². The van der Waals surface area contributed by atoms with Gasteiger partial charge in [0.05, 0.1) is 25.7 Å². The topological polar surface area (TPSA) is 69.2 Å². The van der Waals surface area contributed by atoms with E-state index in [1.54, 1.807) is 0 Å². The molecule has 0 aliphatic heterocycles. The van der Waals surface area contributed by atoms with Crippen LogP contribution in [0.1, 0.15) is 26.7 Å². The number of carbonyl (C=O) groups is 1. The molecule has 0 aliphatic rings. The standard InChI is InChI=1S/C8H15N2.C3H6O3/c1-3-4-5-10-7-6-9(2)8-10;1-2(4)3(5)6/h6-8H,3-5H2,1-2H3;2,4H,1H3,(H,5,6)/q+1;/p-1/t;2-/m.0/s1. The Kier molecular flexibility index (Phi) is 7.20. The van der Waals surface area contributed by atoms with Gasteiger partial charge in [-0.25, -0.2) is 9.13 Å². The fraction of sp³-hybridized carbons (Fsp3) is 0.636. The molecule has 0 bridgehead atoms. The number of aliphatic carboxylic acids is 1. The van der Waals surface area contributed by atoms with Crippen LogP contribution in [0.3, 0.4) is 0 Å². The zero-order chi connectivity index (χ0) is 12.6. The molecule has 0 radical (unpaired) electrons. The summed E-state index contributed by atoms with van der Waals surface area (Å²) in [5.41, 5.74) is 0. The number of aryl methyl sites for hydroxylation is 2. The normalized spacial score (nSPS) is 11.5. The fourth-order valence-electron chi connectivity index (χ4n) is 0.975. The quantitative estimate of drug-likeness (QED) is 0.688. The molecule has 16 heavy (non-hydrogen) atoms. The first kappa shape index (κ1) is 14.6. The molecule has 0 aromatic carbocycles. The number of hydrogen-bond donors (Lipinski definition) is 1. The van der Waals surface area contributed by atoms with Crippen molar-refractivity contribution in [3.8, 4) is 0 Å². The first-order chi connectivity index (χ1) is 7.47. The minimum absolute atomic E-state index is 1.13. The number of carbonyl (C=O) groups excluding carboxylic acids is 1. The van der Waals surface area contributed by atoms with E-state index < -0.39 is 12.1 Å². The number of carboxylic acids is 1. The molecular formula is C11H20N2O3. The third-order valence-corrected chi connectivity index (χ3v) is 1.93. The van der Waals surface area contributed by atoms with Crippen molar-refractivity contribution < 1.29 is 19.6 Å². The first-order valence-corrected chi connectivity index (χ1v) is 5.37. The van der Waals surface area contributed by atoms with Gasteiger partial charge in [-0.2, -0.15) is 0 Å². The molecule has 5 heteroatoms. The Labute approximate surface area is 96.0 Å². The fourth-order valence-corrected chi connectivity index (χ4v) is 0.975. The van der Waals surface area contributed by atoms with Gasteiger partial charge in [0.15, 0.2) is 0 Å². The lowest BCUT2D eigenvalue weighted by molar-refractivity contribution is -0.671. The van der Waals surface area contributed by atoms with E-state index in [4.69, 9.17) is 5.11 Å². The number of unbranched alkanes of at least 4 members (excludes halogenated alkanes) is 1. The Balaban J connectivity index is 0.000000325. The largest absolute Gasteiger partial charge is 0.547 e. The van der Waals surface area contributed by atoms with Crippen molar-refractivity contribution >= 4 is 5.97 Å². The maximum atomic E-state index is 9.34. The van der Waals surface area contributed by atoms with E-state index >= 15 is 0 Å². The molecule has 1 heterocycles. The van der Waals surface area contributed by atoms with Crippen molar-refractivity contribution in [2.45, 2.75) is 39.3 Å². The minimum atomic E-state index is -1.44. The molecule has 0 fully saturated rings. The number of aliphatic hydroxyl groups excluding tert-OH is 1. The molecule has 5 nitrogen and oxygen atoms in total. The summed E-state index contributed by atoms with van der Waals surface area (Å²) in [7, 11) is 2.04. The second kappa shape index (κ2) is 7.87. The molecule has 1 aromatic rings. The smallest absolute Gasteiger partial charge is 0.243 e. The third kappa shape index (κ3) is 7.00. The summed E-state index contributed by atoms with van der Waals surface area (Å²) in [6, 6.07) is 0. The minimum Gasteiger partial charge on any atom is -0.547 e. The maximum absolute atomic E-state index is 9.34. The van der Waals surface area contributed by atoms with Gasteiger partial charge in [0.25, 0.3) is 0 Å². The summed E-state index contributed by atoms with van der Waals surface area (Å²) in [5, 5.41) is 17.3. The van der Waals surface area contributed by atoms with Crippen LogP contribution >= 0.6 is 0 Å². The van der Waals surface area contributed by atoms with E-state index in [0.29, 0.717) is 0 Å². The van der Waals surface area contributed by atoms with Gasteiger partial charge in [-0.1, -0.05) is 13.3 Å². The summed E-state index contributed by atoms with van der Waals surface area (Å²) >= 11 is 0. The summed E-state index contributed by atoms with van der Waals surface area (Å²) in [4.78, 5) is 9.34. The van der Waals surface area contributed by atoms with Gasteiger partial charge in [-0.15, -0.1) is 0 Å². The van der Waals surface area contributed by atoms with Gasteiger partial charge >= 0.3 is 0 Å². The van der Waals surface area contributed by atoms with Gasteiger partial charge < -0.3 is 15.0 Å². The lowest BCUT2D eigenvalue weighted by Crippen LogP contribution is -2.32. The average molecular weight is 228 g/mol. The highest BCUT2D eigenvalue weighted by molar-refractivity contribution is 5.68. The monoisotopic (exact) mass is 228 g/mol. The van der Waals surface area contributed by atoms with Crippen molar-refractivity contribution in [1.29, 1.82) is 0 Å². The number of imidazole rings is 1. The number of aliphatic hydroxyl groups is 1. The highest BCUT2D eigenvalue weighted by Gasteiger charge is 1.96. The Morgan fingerprint density at radius 2 is 2.19 bits per heavy atom.